The van der Waals surface area contributed by atoms with Crippen LogP contribution in [0.3, 0.4) is 0 Å². The molecule has 0 aliphatic rings. The highest BCUT2D eigenvalue weighted by Crippen LogP contribution is 1.99. The number of rotatable bonds is 9. The van der Waals surface area contributed by atoms with Gasteiger partial charge < -0.3 is 19.9 Å². The molecule has 0 fully saturated rings. The maximum atomic E-state index is 11.0. The smallest absolute Gasteiger partial charge is 0.322 e. The summed E-state index contributed by atoms with van der Waals surface area (Å²) in [5.41, 5.74) is 6.47. The standard InChI is InChI=1S/C14H21NO4/c1-12(15)14(16)19-10-9-17-7-8-18-11-13-5-3-2-4-6-13/h2-6,12H,7-11,15H2,1H3/t12-/m0/s1. The van der Waals surface area contributed by atoms with E-state index in [-0.39, 0.29) is 6.61 Å². The van der Waals surface area contributed by atoms with E-state index < -0.39 is 12.0 Å². The van der Waals surface area contributed by atoms with Crippen molar-refractivity contribution in [2.24, 2.45) is 5.73 Å². The number of carbonyl (C=O) groups excluding carboxylic acids is 1. The van der Waals surface area contributed by atoms with Crippen LogP contribution >= 0.6 is 0 Å². The maximum Gasteiger partial charge on any atom is 0.322 e. The second-order valence-electron chi connectivity index (χ2n) is 4.11. The summed E-state index contributed by atoms with van der Waals surface area (Å²) in [6.45, 7) is 3.72. The topological polar surface area (TPSA) is 70.8 Å². The average molecular weight is 267 g/mol. The molecule has 0 saturated heterocycles. The summed E-state index contributed by atoms with van der Waals surface area (Å²) in [7, 11) is 0. The highest BCUT2D eigenvalue weighted by atomic mass is 16.6. The number of benzene rings is 1. The Morgan fingerprint density at radius 2 is 1.74 bits per heavy atom. The molecule has 19 heavy (non-hydrogen) atoms. The first-order valence-electron chi connectivity index (χ1n) is 6.32. The molecular weight excluding hydrogens is 246 g/mol. The average Bonchev–Trinajstić information content (AvgIpc) is 2.42. The first-order valence-corrected chi connectivity index (χ1v) is 6.32. The lowest BCUT2D eigenvalue weighted by atomic mass is 10.2. The van der Waals surface area contributed by atoms with Crippen LogP contribution in [0.2, 0.25) is 0 Å². The SMILES string of the molecule is C[C@H](N)C(=O)OCCOCCOCc1ccccc1. The van der Waals surface area contributed by atoms with Gasteiger partial charge in [-0.1, -0.05) is 30.3 Å². The fraction of sp³-hybridized carbons (Fsp3) is 0.500. The highest BCUT2D eigenvalue weighted by molar-refractivity contribution is 5.74. The van der Waals surface area contributed by atoms with E-state index in [2.05, 4.69) is 0 Å². The van der Waals surface area contributed by atoms with Gasteiger partial charge in [-0.3, -0.25) is 4.79 Å². The number of ether oxygens (including phenoxy) is 3. The number of hydrogen-bond acceptors (Lipinski definition) is 5. The van der Waals surface area contributed by atoms with Crippen molar-refractivity contribution >= 4 is 5.97 Å². The molecule has 1 aromatic carbocycles. The molecule has 0 aromatic heterocycles. The third-order valence-corrected chi connectivity index (χ3v) is 2.33. The van der Waals surface area contributed by atoms with Crippen LogP contribution < -0.4 is 5.73 Å². The zero-order chi connectivity index (χ0) is 13.9. The third kappa shape index (κ3) is 7.56. The fourth-order valence-electron chi connectivity index (χ4n) is 1.32. The van der Waals surface area contributed by atoms with E-state index in [1.807, 2.05) is 30.3 Å². The molecule has 0 radical (unpaired) electrons. The largest absolute Gasteiger partial charge is 0.462 e. The van der Waals surface area contributed by atoms with Crippen LogP contribution in [-0.4, -0.2) is 38.4 Å². The summed E-state index contributed by atoms with van der Waals surface area (Å²) in [4.78, 5) is 11.0. The quantitative estimate of drug-likeness (QED) is 0.536. The minimum atomic E-state index is -0.589. The molecule has 0 saturated carbocycles. The predicted octanol–water partition coefficient (Wildman–Crippen LogP) is 1.11. The zero-order valence-corrected chi connectivity index (χ0v) is 11.2. The molecule has 5 nitrogen and oxygen atoms in total. The Morgan fingerprint density at radius 1 is 1.11 bits per heavy atom. The first kappa shape index (κ1) is 15.6. The lowest BCUT2D eigenvalue weighted by Gasteiger charge is -2.08. The van der Waals surface area contributed by atoms with Gasteiger partial charge in [-0.2, -0.15) is 0 Å². The van der Waals surface area contributed by atoms with Gasteiger partial charge in [-0.05, 0) is 12.5 Å². The Balaban J connectivity index is 1.90. The van der Waals surface area contributed by atoms with Crippen molar-refractivity contribution < 1.29 is 19.0 Å². The molecule has 2 N–H and O–H groups in total. The van der Waals surface area contributed by atoms with Gasteiger partial charge in [-0.25, -0.2) is 0 Å². The zero-order valence-electron chi connectivity index (χ0n) is 11.2. The van der Waals surface area contributed by atoms with Crippen molar-refractivity contribution in [2.75, 3.05) is 26.4 Å². The van der Waals surface area contributed by atoms with Crippen molar-refractivity contribution in [3.63, 3.8) is 0 Å². The fourth-order valence-corrected chi connectivity index (χ4v) is 1.32. The van der Waals surface area contributed by atoms with E-state index >= 15 is 0 Å². The van der Waals surface area contributed by atoms with Crippen LogP contribution in [0.5, 0.6) is 0 Å². The Labute approximate surface area is 113 Å². The monoisotopic (exact) mass is 267 g/mol. The number of esters is 1. The molecular formula is C14H21NO4. The number of nitrogens with two attached hydrogens (primary N) is 1. The van der Waals surface area contributed by atoms with Gasteiger partial charge in [-0.15, -0.1) is 0 Å². The minimum Gasteiger partial charge on any atom is -0.462 e. The lowest BCUT2D eigenvalue weighted by molar-refractivity contribution is -0.146. The molecule has 0 heterocycles. The summed E-state index contributed by atoms with van der Waals surface area (Å²) in [6, 6.07) is 9.34. The molecule has 0 bridgehead atoms. The van der Waals surface area contributed by atoms with Crippen LogP contribution in [0.4, 0.5) is 0 Å². The molecule has 0 amide bonds. The van der Waals surface area contributed by atoms with E-state index in [9.17, 15) is 4.79 Å². The summed E-state index contributed by atoms with van der Waals surface area (Å²) >= 11 is 0. The number of hydrogen-bond donors (Lipinski definition) is 1. The Bertz CT molecular complexity index is 354. The van der Waals surface area contributed by atoms with Crippen molar-refractivity contribution in [1.29, 1.82) is 0 Å². The van der Waals surface area contributed by atoms with Gasteiger partial charge in [0, 0.05) is 0 Å². The molecule has 5 heteroatoms. The summed E-state index contributed by atoms with van der Waals surface area (Å²) in [5, 5.41) is 0. The second-order valence-corrected chi connectivity index (χ2v) is 4.11. The van der Waals surface area contributed by atoms with E-state index in [0.717, 1.165) is 5.56 Å². The lowest BCUT2D eigenvalue weighted by Crippen LogP contribution is -2.29. The normalized spacial score (nSPS) is 12.1. The van der Waals surface area contributed by atoms with Gasteiger partial charge in [0.05, 0.1) is 26.4 Å². The third-order valence-electron chi connectivity index (χ3n) is 2.33. The summed E-state index contributed by atoms with van der Waals surface area (Å²) in [5.74, 6) is -0.413. The van der Waals surface area contributed by atoms with Gasteiger partial charge in [0.15, 0.2) is 0 Å². The van der Waals surface area contributed by atoms with Crippen molar-refractivity contribution in [3.05, 3.63) is 35.9 Å². The minimum absolute atomic E-state index is 0.221. The summed E-state index contributed by atoms with van der Waals surface area (Å²) in [6.07, 6.45) is 0. The van der Waals surface area contributed by atoms with E-state index in [1.54, 1.807) is 6.92 Å². The predicted molar refractivity (Wildman–Crippen MR) is 71.5 cm³/mol. The molecule has 106 valence electrons. The van der Waals surface area contributed by atoms with Gasteiger partial charge >= 0.3 is 5.97 Å². The van der Waals surface area contributed by atoms with Crippen molar-refractivity contribution in [2.45, 2.75) is 19.6 Å². The van der Waals surface area contributed by atoms with Crippen LogP contribution in [-0.2, 0) is 25.6 Å². The molecule has 1 rings (SSSR count). The molecule has 0 aliphatic heterocycles. The van der Waals surface area contributed by atoms with Crippen molar-refractivity contribution in [3.8, 4) is 0 Å². The maximum absolute atomic E-state index is 11.0. The van der Waals surface area contributed by atoms with Crippen LogP contribution in [0, 0.1) is 0 Å². The highest BCUT2D eigenvalue weighted by Gasteiger charge is 2.07. The Kier molecular flexibility index (Phi) is 7.81. The Hall–Kier alpha value is -1.43. The van der Waals surface area contributed by atoms with Gasteiger partial charge in [0.25, 0.3) is 0 Å². The van der Waals surface area contributed by atoms with Crippen LogP contribution in [0.25, 0.3) is 0 Å². The van der Waals surface area contributed by atoms with Crippen molar-refractivity contribution in [1.82, 2.24) is 0 Å². The first-order chi connectivity index (χ1) is 9.20. The molecule has 0 unspecified atom stereocenters. The van der Waals surface area contributed by atoms with Crippen LogP contribution in [0.15, 0.2) is 30.3 Å². The van der Waals surface area contributed by atoms with E-state index in [4.69, 9.17) is 19.9 Å². The summed E-state index contributed by atoms with van der Waals surface area (Å²) < 4.78 is 15.5. The van der Waals surface area contributed by atoms with Crippen LogP contribution in [0.1, 0.15) is 12.5 Å². The van der Waals surface area contributed by atoms with Gasteiger partial charge in [0.1, 0.15) is 12.6 Å². The van der Waals surface area contributed by atoms with E-state index in [0.29, 0.717) is 26.4 Å². The molecule has 0 aliphatic carbocycles. The number of carbonyl (C=O) groups is 1. The Morgan fingerprint density at radius 3 is 2.42 bits per heavy atom. The molecule has 0 spiro atoms. The van der Waals surface area contributed by atoms with E-state index in [1.165, 1.54) is 0 Å². The molecule has 1 aromatic rings. The molecule has 1 atom stereocenters. The second kappa shape index (κ2) is 9.49. The van der Waals surface area contributed by atoms with Gasteiger partial charge in [0.2, 0.25) is 0 Å².